The van der Waals surface area contributed by atoms with E-state index in [0.29, 0.717) is 10.8 Å². The van der Waals surface area contributed by atoms with Crippen LogP contribution in [0.5, 0.6) is 0 Å². The molecule has 5 nitrogen and oxygen atoms in total. The highest BCUT2D eigenvalue weighted by atomic mass is 32.2. The first-order valence-corrected chi connectivity index (χ1v) is 6.66. The van der Waals surface area contributed by atoms with Crippen LogP contribution in [-0.4, -0.2) is 19.7 Å². The van der Waals surface area contributed by atoms with Gasteiger partial charge in [-0.25, -0.2) is 9.97 Å². The van der Waals surface area contributed by atoms with Crippen molar-refractivity contribution in [3.8, 4) is 0 Å². The molecule has 0 amide bonds. The summed E-state index contributed by atoms with van der Waals surface area (Å²) in [5.74, 6) is 0. The summed E-state index contributed by atoms with van der Waals surface area (Å²) in [6.45, 7) is 8.66. The van der Waals surface area contributed by atoms with Gasteiger partial charge in [0.1, 0.15) is 5.03 Å². The summed E-state index contributed by atoms with van der Waals surface area (Å²) in [5, 5.41) is 6.02. The Labute approximate surface area is 111 Å². The molecule has 96 valence electrons. The number of anilines is 1. The van der Waals surface area contributed by atoms with Crippen LogP contribution in [0.15, 0.2) is 16.2 Å². The van der Waals surface area contributed by atoms with E-state index in [4.69, 9.17) is 5.73 Å². The largest absolute Gasteiger partial charge is 0.395 e. The maximum absolute atomic E-state index is 6.04. The SMILES string of the molecule is CCn1nc(C)c(N)c1Sc1nc(C)cc(C)n1. The third-order valence-electron chi connectivity index (χ3n) is 2.57. The fourth-order valence-electron chi connectivity index (χ4n) is 1.72. The van der Waals surface area contributed by atoms with Gasteiger partial charge in [-0.15, -0.1) is 0 Å². The van der Waals surface area contributed by atoms with E-state index in [2.05, 4.69) is 15.1 Å². The van der Waals surface area contributed by atoms with E-state index in [9.17, 15) is 0 Å². The molecule has 0 aliphatic heterocycles. The van der Waals surface area contributed by atoms with E-state index in [1.54, 1.807) is 0 Å². The second-order valence-electron chi connectivity index (χ2n) is 4.16. The van der Waals surface area contributed by atoms with Crippen LogP contribution in [0.3, 0.4) is 0 Å². The Morgan fingerprint density at radius 2 is 1.83 bits per heavy atom. The molecule has 0 aliphatic rings. The van der Waals surface area contributed by atoms with Crippen molar-refractivity contribution in [2.45, 2.75) is 44.4 Å². The fourth-order valence-corrected chi connectivity index (χ4v) is 2.81. The molecule has 0 atom stereocenters. The fraction of sp³-hybridized carbons (Fsp3) is 0.417. The molecule has 2 heterocycles. The number of nitrogens with two attached hydrogens (primary N) is 1. The van der Waals surface area contributed by atoms with Crippen molar-refractivity contribution in [2.75, 3.05) is 5.73 Å². The monoisotopic (exact) mass is 263 g/mol. The molecule has 18 heavy (non-hydrogen) atoms. The van der Waals surface area contributed by atoms with Gasteiger partial charge in [0.05, 0.1) is 11.4 Å². The molecular weight excluding hydrogens is 246 g/mol. The zero-order valence-corrected chi connectivity index (χ0v) is 11.9. The highest BCUT2D eigenvalue weighted by Crippen LogP contribution is 2.31. The Bertz CT molecular complexity index is 556. The van der Waals surface area contributed by atoms with E-state index >= 15 is 0 Å². The Morgan fingerprint density at radius 1 is 1.22 bits per heavy atom. The minimum atomic E-state index is 0.713. The van der Waals surface area contributed by atoms with E-state index in [0.717, 1.165) is 28.7 Å². The number of rotatable bonds is 3. The van der Waals surface area contributed by atoms with Gasteiger partial charge in [-0.1, -0.05) is 0 Å². The van der Waals surface area contributed by atoms with E-state index in [-0.39, 0.29) is 0 Å². The van der Waals surface area contributed by atoms with Crippen LogP contribution < -0.4 is 5.73 Å². The molecule has 0 spiro atoms. The second-order valence-corrected chi connectivity index (χ2v) is 5.11. The van der Waals surface area contributed by atoms with Gasteiger partial charge in [0.25, 0.3) is 0 Å². The number of hydrogen-bond acceptors (Lipinski definition) is 5. The van der Waals surface area contributed by atoms with Gasteiger partial charge < -0.3 is 5.73 Å². The van der Waals surface area contributed by atoms with Crippen LogP contribution >= 0.6 is 11.8 Å². The number of aromatic nitrogens is 4. The second kappa shape index (κ2) is 4.97. The van der Waals surface area contributed by atoms with Crippen molar-refractivity contribution >= 4 is 17.4 Å². The topological polar surface area (TPSA) is 69.6 Å². The van der Waals surface area contributed by atoms with Gasteiger partial charge in [-0.2, -0.15) is 5.10 Å². The maximum atomic E-state index is 6.04. The number of nitrogen functional groups attached to an aromatic ring is 1. The summed E-state index contributed by atoms with van der Waals surface area (Å²) < 4.78 is 1.89. The minimum absolute atomic E-state index is 0.713. The zero-order valence-electron chi connectivity index (χ0n) is 11.1. The van der Waals surface area contributed by atoms with Gasteiger partial charge in [0.2, 0.25) is 0 Å². The van der Waals surface area contributed by atoms with Gasteiger partial charge in [0.15, 0.2) is 5.16 Å². The summed E-state index contributed by atoms with van der Waals surface area (Å²) in [4.78, 5) is 8.82. The van der Waals surface area contributed by atoms with Crippen molar-refractivity contribution in [3.63, 3.8) is 0 Å². The summed E-state index contributed by atoms with van der Waals surface area (Å²) in [6.07, 6.45) is 0. The molecule has 2 aromatic heterocycles. The van der Waals surface area contributed by atoms with Crippen molar-refractivity contribution in [1.82, 2.24) is 19.7 Å². The molecule has 0 bridgehead atoms. The summed E-state index contributed by atoms with van der Waals surface area (Å²) in [5.41, 5.74) is 9.53. The van der Waals surface area contributed by atoms with Crippen LogP contribution in [-0.2, 0) is 6.54 Å². The molecule has 2 aromatic rings. The van der Waals surface area contributed by atoms with Crippen LogP contribution in [0.2, 0.25) is 0 Å². The van der Waals surface area contributed by atoms with Crippen LogP contribution in [0.25, 0.3) is 0 Å². The molecule has 2 rings (SSSR count). The smallest absolute Gasteiger partial charge is 0.194 e. The number of aryl methyl sites for hydroxylation is 4. The van der Waals surface area contributed by atoms with Crippen LogP contribution in [0.4, 0.5) is 5.69 Å². The molecule has 0 unspecified atom stereocenters. The Morgan fingerprint density at radius 3 is 2.39 bits per heavy atom. The van der Waals surface area contributed by atoms with Crippen molar-refractivity contribution in [2.24, 2.45) is 0 Å². The maximum Gasteiger partial charge on any atom is 0.194 e. The first-order valence-electron chi connectivity index (χ1n) is 5.84. The van der Waals surface area contributed by atoms with E-state index in [1.165, 1.54) is 11.8 Å². The minimum Gasteiger partial charge on any atom is -0.395 e. The normalized spacial score (nSPS) is 10.9. The average Bonchev–Trinajstić information content (AvgIpc) is 2.55. The third-order valence-corrected chi connectivity index (χ3v) is 3.56. The lowest BCUT2D eigenvalue weighted by Crippen LogP contribution is -2.00. The lowest BCUT2D eigenvalue weighted by molar-refractivity contribution is 0.601. The highest BCUT2D eigenvalue weighted by molar-refractivity contribution is 7.99. The summed E-state index contributed by atoms with van der Waals surface area (Å²) >= 11 is 1.47. The van der Waals surface area contributed by atoms with E-state index in [1.807, 2.05) is 38.4 Å². The average molecular weight is 263 g/mol. The quantitative estimate of drug-likeness (QED) is 0.861. The molecular formula is C12H17N5S. The van der Waals surface area contributed by atoms with Crippen molar-refractivity contribution < 1.29 is 0 Å². The Balaban J connectivity index is 2.39. The Hall–Kier alpha value is -1.56. The molecule has 0 aromatic carbocycles. The summed E-state index contributed by atoms with van der Waals surface area (Å²) in [7, 11) is 0. The molecule has 0 saturated carbocycles. The lowest BCUT2D eigenvalue weighted by atomic mass is 10.4. The van der Waals surface area contributed by atoms with Gasteiger partial charge in [0, 0.05) is 17.9 Å². The highest BCUT2D eigenvalue weighted by Gasteiger charge is 2.14. The predicted molar refractivity (Wildman–Crippen MR) is 72.7 cm³/mol. The first kappa shape index (κ1) is 12.9. The molecule has 2 N–H and O–H groups in total. The third kappa shape index (κ3) is 2.48. The first-order chi connectivity index (χ1) is 8.51. The standard InChI is InChI=1S/C12H17N5S/c1-5-17-11(10(13)9(4)16-17)18-12-14-7(2)6-8(3)15-12/h6H,5,13H2,1-4H3. The van der Waals surface area contributed by atoms with Gasteiger partial charge in [-0.3, -0.25) is 4.68 Å². The van der Waals surface area contributed by atoms with Crippen LogP contribution in [0, 0.1) is 20.8 Å². The van der Waals surface area contributed by atoms with E-state index < -0.39 is 0 Å². The van der Waals surface area contributed by atoms with Crippen LogP contribution in [0.1, 0.15) is 24.0 Å². The molecule has 0 fully saturated rings. The van der Waals surface area contributed by atoms with Crippen molar-refractivity contribution in [1.29, 1.82) is 0 Å². The lowest BCUT2D eigenvalue weighted by Gasteiger charge is -2.05. The number of nitrogens with zero attached hydrogens (tertiary/aromatic N) is 4. The van der Waals surface area contributed by atoms with Gasteiger partial charge in [-0.05, 0) is 45.5 Å². The molecule has 6 heteroatoms. The molecule has 0 saturated heterocycles. The zero-order chi connectivity index (χ0) is 13.3. The molecule has 0 radical (unpaired) electrons. The summed E-state index contributed by atoms with van der Waals surface area (Å²) in [6, 6.07) is 1.95. The Kier molecular flexibility index (Phi) is 3.56. The number of hydrogen-bond donors (Lipinski definition) is 1. The molecule has 0 aliphatic carbocycles. The van der Waals surface area contributed by atoms with Gasteiger partial charge >= 0.3 is 0 Å². The predicted octanol–water partition coefficient (Wildman–Crippen LogP) is 2.35. The van der Waals surface area contributed by atoms with Crippen molar-refractivity contribution in [3.05, 3.63) is 23.1 Å².